The number of benzene rings is 1. The van der Waals surface area contributed by atoms with Gasteiger partial charge in [0.15, 0.2) is 16.7 Å². The van der Waals surface area contributed by atoms with Gasteiger partial charge in [-0.15, -0.1) is 0 Å². The number of hydrogen-bond donors (Lipinski definition) is 0. The number of amidine groups is 1. The van der Waals surface area contributed by atoms with Crippen LogP contribution in [0.15, 0.2) is 28.1 Å². The van der Waals surface area contributed by atoms with Gasteiger partial charge in [0, 0.05) is 13.1 Å². The summed E-state index contributed by atoms with van der Waals surface area (Å²) < 4.78 is 16.3. The molecule has 1 saturated heterocycles. The van der Waals surface area contributed by atoms with Crippen LogP contribution < -0.4 is 9.47 Å². The van der Waals surface area contributed by atoms with Crippen LogP contribution in [0.3, 0.4) is 0 Å². The maximum absolute atomic E-state index is 12.3. The average molecular weight is 362 g/mol. The minimum atomic E-state index is -0.207. The molecule has 0 aliphatic carbocycles. The number of amides is 1. The van der Waals surface area contributed by atoms with Crippen molar-refractivity contribution >= 4 is 28.9 Å². The Hall–Kier alpha value is -1.99. The largest absolute Gasteiger partial charge is 0.493 e. The molecule has 0 spiro atoms. The molecular weight excluding hydrogens is 340 g/mol. The Morgan fingerprint density at radius 3 is 2.52 bits per heavy atom. The second kappa shape index (κ2) is 7.49. The highest BCUT2D eigenvalue weighted by molar-refractivity contribution is 8.18. The molecule has 0 bridgehead atoms. The van der Waals surface area contributed by atoms with E-state index < -0.39 is 0 Å². The number of methoxy groups -OCH3 is 2. The van der Waals surface area contributed by atoms with Crippen LogP contribution in [0.2, 0.25) is 0 Å². The molecule has 1 aromatic carbocycles. The van der Waals surface area contributed by atoms with E-state index in [-0.39, 0.29) is 18.1 Å². The summed E-state index contributed by atoms with van der Waals surface area (Å²) in [4.78, 5) is 19.2. The monoisotopic (exact) mass is 362 g/mol. The minimum absolute atomic E-state index is 0.126. The van der Waals surface area contributed by atoms with E-state index in [4.69, 9.17) is 14.2 Å². The maximum atomic E-state index is 12.3. The number of carbonyl (C=O) groups excluding carboxylic acids is 1. The Kier molecular flexibility index (Phi) is 5.34. The Morgan fingerprint density at radius 2 is 1.88 bits per heavy atom. The van der Waals surface area contributed by atoms with Crippen LogP contribution in [0.1, 0.15) is 19.4 Å². The van der Waals surface area contributed by atoms with Gasteiger partial charge < -0.3 is 19.1 Å². The molecule has 134 valence electrons. The van der Waals surface area contributed by atoms with E-state index in [0.29, 0.717) is 16.4 Å². The van der Waals surface area contributed by atoms with Crippen molar-refractivity contribution in [2.75, 3.05) is 27.3 Å². The SMILES string of the molecule is COc1ccc(C=C2SC(N3CC(C)OC(C)C3)=NC2=O)cc1OC. The van der Waals surface area contributed by atoms with Gasteiger partial charge in [0.25, 0.3) is 5.91 Å². The van der Waals surface area contributed by atoms with Crippen molar-refractivity contribution < 1.29 is 19.0 Å². The maximum Gasteiger partial charge on any atom is 0.286 e. The number of morpholine rings is 1. The normalized spacial score (nSPS) is 25.3. The Morgan fingerprint density at radius 1 is 1.20 bits per heavy atom. The lowest BCUT2D eigenvalue weighted by atomic mass is 10.2. The third kappa shape index (κ3) is 3.99. The van der Waals surface area contributed by atoms with Gasteiger partial charge in [-0.3, -0.25) is 4.79 Å². The topological polar surface area (TPSA) is 60.4 Å². The highest BCUT2D eigenvalue weighted by Gasteiger charge is 2.31. The molecule has 2 heterocycles. The van der Waals surface area contributed by atoms with E-state index >= 15 is 0 Å². The fourth-order valence-electron chi connectivity index (χ4n) is 2.96. The van der Waals surface area contributed by atoms with Crippen molar-refractivity contribution in [1.29, 1.82) is 0 Å². The summed E-state index contributed by atoms with van der Waals surface area (Å²) in [5, 5.41) is 0.749. The van der Waals surface area contributed by atoms with Crippen LogP contribution in [0.4, 0.5) is 0 Å². The summed E-state index contributed by atoms with van der Waals surface area (Å²) in [6.45, 7) is 5.55. The average Bonchev–Trinajstić information content (AvgIpc) is 2.94. The minimum Gasteiger partial charge on any atom is -0.493 e. The first-order chi connectivity index (χ1) is 12.0. The first-order valence-corrected chi connectivity index (χ1v) is 8.96. The first kappa shape index (κ1) is 17.8. The summed E-state index contributed by atoms with van der Waals surface area (Å²) in [6.07, 6.45) is 2.08. The Bertz CT molecular complexity index is 722. The molecule has 7 heteroatoms. The second-order valence-corrected chi connectivity index (χ2v) is 7.10. The summed E-state index contributed by atoms with van der Waals surface area (Å²) in [6, 6.07) is 5.55. The van der Waals surface area contributed by atoms with E-state index in [0.717, 1.165) is 23.8 Å². The van der Waals surface area contributed by atoms with Crippen LogP contribution in [0.25, 0.3) is 6.08 Å². The molecule has 6 nitrogen and oxygen atoms in total. The predicted octanol–water partition coefficient (Wildman–Crippen LogP) is 2.78. The van der Waals surface area contributed by atoms with Crippen molar-refractivity contribution in [3.63, 3.8) is 0 Å². The van der Waals surface area contributed by atoms with Gasteiger partial charge in [-0.1, -0.05) is 6.07 Å². The molecule has 3 rings (SSSR count). The van der Waals surface area contributed by atoms with Crippen LogP contribution in [-0.2, 0) is 9.53 Å². The number of carbonyl (C=O) groups is 1. The van der Waals surface area contributed by atoms with Crippen molar-refractivity contribution in [1.82, 2.24) is 4.90 Å². The first-order valence-electron chi connectivity index (χ1n) is 8.15. The van der Waals surface area contributed by atoms with Gasteiger partial charge in [-0.25, -0.2) is 0 Å². The van der Waals surface area contributed by atoms with Crippen molar-refractivity contribution in [2.45, 2.75) is 26.1 Å². The van der Waals surface area contributed by atoms with Gasteiger partial charge >= 0.3 is 0 Å². The molecule has 2 unspecified atom stereocenters. The van der Waals surface area contributed by atoms with Crippen molar-refractivity contribution in [2.24, 2.45) is 4.99 Å². The molecule has 25 heavy (non-hydrogen) atoms. The molecule has 1 aromatic rings. The summed E-state index contributed by atoms with van der Waals surface area (Å²) in [5.74, 6) is 1.08. The molecule has 2 aliphatic heterocycles. The smallest absolute Gasteiger partial charge is 0.286 e. The Labute approximate surface area is 151 Å². The molecule has 2 atom stereocenters. The number of hydrogen-bond acceptors (Lipinski definition) is 6. The zero-order chi connectivity index (χ0) is 18.0. The lowest BCUT2D eigenvalue weighted by molar-refractivity contribution is -0.113. The number of rotatable bonds is 3. The molecule has 0 aromatic heterocycles. The van der Waals surface area contributed by atoms with E-state index in [1.54, 1.807) is 14.2 Å². The van der Waals surface area contributed by atoms with Crippen LogP contribution >= 0.6 is 11.8 Å². The molecule has 0 N–H and O–H groups in total. The lowest BCUT2D eigenvalue weighted by Crippen LogP contribution is -2.47. The standard InChI is InChI=1S/C18H22N2O4S/c1-11-9-20(10-12(2)24-11)18-19-17(21)16(25-18)8-13-5-6-14(22-3)15(7-13)23-4/h5-8,11-12H,9-10H2,1-4H3. The quantitative estimate of drug-likeness (QED) is 0.771. The highest BCUT2D eigenvalue weighted by Crippen LogP contribution is 2.33. The van der Waals surface area contributed by atoms with Gasteiger partial charge in [0.05, 0.1) is 31.3 Å². The van der Waals surface area contributed by atoms with Crippen molar-refractivity contribution in [3.05, 3.63) is 28.7 Å². The zero-order valence-electron chi connectivity index (χ0n) is 14.8. The predicted molar refractivity (Wildman–Crippen MR) is 99.1 cm³/mol. The van der Waals surface area contributed by atoms with Crippen LogP contribution in [-0.4, -0.2) is 55.5 Å². The summed E-state index contributed by atoms with van der Waals surface area (Å²) >= 11 is 1.41. The van der Waals surface area contributed by atoms with E-state index in [1.807, 2.05) is 38.1 Å². The summed E-state index contributed by atoms with van der Waals surface area (Å²) in [5.41, 5.74) is 0.869. The molecule has 1 fully saturated rings. The van der Waals surface area contributed by atoms with Gasteiger partial charge in [0.2, 0.25) is 0 Å². The molecule has 1 amide bonds. The zero-order valence-corrected chi connectivity index (χ0v) is 15.6. The second-order valence-electron chi connectivity index (χ2n) is 6.09. The highest BCUT2D eigenvalue weighted by atomic mass is 32.2. The van der Waals surface area contributed by atoms with Gasteiger partial charge in [0.1, 0.15) is 0 Å². The number of thioether (sulfide) groups is 1. The lowest BCUT2D eigenvalue weighted by Gasteiger charge is -2.35. The number of aliphatic imine (C=N–C) groups is 1. The van der Waals surface area contributed by atoms with Crippen LogP contribution in [0.5, 0.6) is 11.5 Å². The van der Waals surface area contributed by atoms with E-state index in [2.05, 4.69) is 9.89 Å². The third-order valence-electron chi connectivity index (χ3n) is 4.00. The summed E-state index contributed by atoms with van der Waals surface area (Å²) in [7, 11) is 3.18. The Balaban J connectivity index is 1.77. The molecule has 0 saturated carbocycles. The van der Waals surface area contributed by atoms with E-state index in [1.165, 1.54) is 11.8 Å². The molecular formula is C18H22N2O4S. The fraction of sp³-hybridized carbons (Fsp3) is 0.444. The van der Waals surface area contributed by atoms with Crippen LogP contribution in [0, 0.1) is 0 Å². The van der Waals surface area contributed by atoms with E-state index in [9.17, 15) is 4.79 Å². The fourth-order valence-corrected chi connectivity index (χ4v) is 3.89. The van der Waals surface area contributed by atoms with Gasteiger partial charge in [-0.2, -0.15) is 4.99 Å². The number of nitrogens with zero attached hydrogens (tertiary/aromatic N) is 2. The molecule has 2 aliphatic rings. The molecule has 0 radical (unpaired) electrons. The third-order valence-corrected chi connectivity index (χ3v) is 5.05. The van der Waals surface area contributed by atoms with Crippen molar-refractivity contribution in [3.8, 4) is 11.5 Å². The van der Waals surface area contributed by atoms with Gasteiger partial charge in [-0.05, 0) is 49.4 Å². The number of ether oxygens (including phenoxy) is 3.